The molecule has 2 aliphatic heterocycles. The maximum atomic E-state index is 13.5. The Morgan fingerprint density at radius 1 is 1.14 bits per heavy atom. The maximum Gasteiger partial charge on any atom is 0.501 e. The molecule has 0 fully saturated rings. The summed E-state index contributed by atoms with van der Waals surface area (Å²) in [5.74, 6) is -0.411. The first kappa shape index (κ1) is 24.8. The van der Waals surface area contributed by atoms with Gasteiger partial charge in [-0.2, -0.15) is 19.4 Å². The van der Waals surface area contributed by atoms with Gasteiger partial charge in [-0.1, -0.05) is 12.1 Å². The Morgan fingerprint density at radius 2 is 1.86 bits per heavy atom. The zero-order valence-electron chi connectivity index (χ0n) is 20.4. The Hall–Kier alpha value is -4.28. The van der Waals surface area contributed by atoms with Crippen molar-refractivity contribution >= 4 is 35.0 Å². The van der Waals surface area contributed by atoms with Crippen LogP contribution in [0, 0.1) is 5.82 Å². The minimum Gasteiger partial charge on any atom is -0.497 e. The van der Waals surface area contributed by atoms with E-state index in [0.29, 0.717) is 40.7 Å². The van der Waals surface area contributed by atoms with E-state index in [1.807, 2.05) is 6.92 Å². The van der Waals surface area contributed by atoms with Crippen LogP contribution in [0.3, 0.4) is 0 Å². The van der Waals surface area contributed by atoms with Crippen LogP contribution in [0.15, 0.2) is 47.6 Å². The molecule has 0 aliphatic carbocycles. The highest BCUT2D eigenvalue weighted by Gasteiger charge is 2.54. The predicted octanol–water partition coefficient (Wildman–Crippen LogP) is 2.48. The van der Waals surface area contributed by atoms with Gasteiger partial charge in [0, 0.05) is 12.6 Å². The number of imide groups is 1. The first-order chi connectivity index (χ1) is 17.3. The second kappa shape index (κ2) is 10.1. The number of hydrogen-bond donors (Lipinski definition) is 1. The van der Waals surface area contributed by atoms with Gasteiger partial charge in [-0.15, -0.1) is 0 Å². The van der Waals surface area contributed by atoms with Crippen LogP contribution >= 0.6 is 0 Å². The quantitative estimate of drug-likeness (QED) is 0.564. The summed E-state index contributed by atoms with van der Waals surface area (Å²) in [5.41, 5.74) is 1.84. The Bertz CT molecular complexity index is 1270. The SMILES string of the molecule is CCN1N=C(C)C2=[N+](CC(=O)Nc3ccc(OC)cc3OC)C(=O)N(Cc3ccc(F)cc3)C(=O)C21. The first-order valence-electron chi connectivity index (χ1n) is 11.4. The van der Waals surface area contributed by atoms with Crippen molar-refractivity contribution < 1.29 is 32.8 Å². The van der Waals surface area contributed by atoms with Crippen molar-refractivity contribution in [3.05, 3.63) is 53.8 Å². The number of ether oxygens (including phenoxy) is 2. The fourth-order valence-electron chi connectivity index (χ4n) is 4.28. The molecule has 1 N–H and O–H groups in total. The molecular weight excluding hydrogens is 469 g/mol. The van der Waals surface area contributed by atoms with Crippen molar-refractivity contribution in [1.29, 1.82) is 0 Å². The molecule has 0 bridgehead atoms. The number of amides is 4. The van der Waals surface area contributed by atoms with Gasteiger partial charge in [-0.05, 0) is 43.7 Å². The molecule has 0 saturated heterocycles. The third kappa shape index (κ3) is 4.64. The van der Waals surface area contributed by atoms with E-state index in [-0.39, 0.29) is 13.1 Å². The molecule has 1 atom stereocenters. The molecule has 0 radical (unpaired) electrons. The summed E-state index contributed by atoms with van der Waals surface area (Å²) in [6, 6.07) is 8.99. The number of rotatable bonds is 8. The van der Waals surface area contributed by atoms with Crippen molar-refractivity contribution in [3.8, 4) is 11.5 Å². The molecule has 2 aliphatic rings. The van der Waals surface area contributed by atoms with E-state index in [9.17, 15) is 18.8 Å². The topological polar surface area (TPSA) is 104 Å². The van der Waals surface area contributed by atoms with E-state index in [1.54, 1.807) is 30.1 Å². The van der Waals surface area contributed by atoms with Crippen LogP contribution in [0.25, 0.3) is 0 Å². The molecule has 4 rings (SSSR count). The third-order valence-corrected chi connectivity index (χ3v) is 6.02. The monoisotopic (exact) mass is 496 g/mol. The summed E-state index contributed by atoms with van der Waals surface area (Å²) in [5, 5.41) is 8.78. The van der Waals surface area contributed by atoms with Crippen molar-refractivity contribution in [2.45, 2.75) is 26.4 Å². The molecule has 10 nitrogen and oxygen atoms in total. The largest absolute Gasteiger partial charge is 0.501 e. The van der Waals surface area contributed by atoms with E-state index < -0.39 is 29.7 Å². The molecule has 2 heterocycles. The van der Waals surface area contributed by atoms with Gasteiger partial charge >= 0.3 is 11.9 Å². The molecule has 11 heteroatoms. The number of hydrogen-bond acceptors (Lipinski definition) is 7. The Labute approximate surface area is 207 Å². The minimum absolute atomic E-state index is 0.0667. The van der Waals surface area contributed by atoms with Gasteiger partial charge in [0.25, 0.3) is 5.91 Å². The van der Waals surface area contributed by atoms with Crippen LogP contribution in [0.4, 0.5) is 14.9 Å². The van der Waals surface area contributed by atoms with Crippen molar-refractivity contribution in [2.24, 2.45) is 5.10 Å². The zero-order chi connectivity index (χ0) is 26.0. The lowest BCUT2D eigenvalue weighted by atomic mass is 10.0. The number of carbonyl (C=O) groups excluding carboxylic acids is 3. The van der Waals surface area contributed by atoms with Gasteiger partial charge in [0.05, 0.1) is 19.9 Å². The number of hydrazone groups is 1. The molecule has 4 amide bonds. The second-order valence-electron chi connectivity index (χ2n) is 8.26. The predicted molar refractivity (Wildman–Crippen MR) is 130 cm³/mol. The lowest BCUT2D eigenvalue weighted by Crippen LogP contribution is -2.61. The number of nitrogens with one attached hydrogen (secondary N) is 1. The number of nitrogens with zero attached hydrogens (tertiary/aromatic N) is 4. The number of urea groups is 1. The number of anilines is 1. The van der Waals surface area contributed by atoms with Gasteiger partial charge in [0.15, 0.2) is 12.3 Å². The molecule has 2 aromatic carbocycles. The van der Waals surface area contributed by atoms with Crippen LogP contribution in [-0.4, -0.2) is 77.1 Å². The fraction of sp³-hybridized carbons (Fsp3) is 0.320. The Kier molecular flexibility index (Phi) is 7.00. The van der Waals surface area contributed by atoms with Crippen LogP contribution in [0.5, 0.6) is 11.5 Å². The summed E-state index contributed by atoms with van der Waals surface area (Å²) in [7, 11) is 2.99. The van der Waals surface area contributed by atoms with Crippen LogP contribution in [0.1, 0.15) is 19.4 Å². The van der Waals surface area contributed by atoms with Gasteiger partial charge in [0.2, 0.25) is 6.04 Å². The van der Waals surface area contributed by atoms with Crippen LogP contribution < -0.4 is 14.8 Å². The molecule has 0 spiro atoms. The first-order valence-corrected chi connectivity index (χ1v) is 11.4. The van der Waals surface area contributed by atoms with Crippen molar-refractivity contribution in [2.75, 3.05) is 32.6 Å². The van der Waals surface area contributed by atoms with E-state index in [0.717, 1.165) is 4.90 Å². The number of methoxy groups -OCH3 is 2. The standard InChI is InChI=1S/C25H26FN5O5/c1-5-31-23-22(15(2)28-31)29(14-21(32)27-19-11-10-18(35-3)12-20(19)36-4)25(34)30(24(23)33)13-16-6-8-17(26)9-7-16/h6-12,23H,5,13-14H2,1-4H3/p+1. The van der Waals surface area contributed by atoms with Gasteiger partial charge in [-0.25, -0.2) is 9.18 Å². The van der Waals surface area contributed by atoms with E-state index in [4.69, 9.17) is 9.47 Å². The highest BCUT2D eigenvalue weighted by atomic mass is 19.1. The Balaban J connectivity index is 1.65. The molecule has 0 saturated carbocycles. The van der Waals surface area contributed by atoms with Crippen molar-refractivity contribution in [3.63, 3.8) is 0 Å². The molecule has 1 unspecified atom stereocenters. The average molecular weight is 497 g/mol. The summed E-state index contributed by atoms with van der Waals surface area (Å²) < 4.78 is 25.2. The number of halogens is 1. The van der Waals surface area contributed by atoms with Crippen LogP contribution in [0.2, 0.25) is 0 Å². The van der Waals surface area contributed by atoms with Gasteiger partial charge in [-0.3, -0.25) is 9.80 Å². The average Bonchev–Trinajstić information content (AvgIpc) is 3.22. The van der Waals surface area contributed by atoms with E-state index in [2.05, 4.69) is 10.4 Å². The lowest BCUT2D eigenvalue weighted by molar-refractivity contribution is -0.427. The number of likely N-dealkylation sites (N-methyl/N-ethyl adjacent to an activating group) is 1. The summed E-state index contributed by atoms with van der Waals surface area (Å²) in [6.45, 7) is 3.56. The minimum atomic E-state index is -0.837. The number of benzene rings is 2. The molecular formula is C25H27FN5O5+. The maximum absolute atomic E-state index is 13.5. The third-order valence-electron chi connectivity index (χ3n) is 6.02. The highest BCUT2D eigenvalue weighted by Crippen LogP contribution is 2.29. The fourth-order valence-corrected chi connectivity index (χ4v) is 4.28. The zero-order valence-corrected chi connectivity index (χ0v) is 20.4. The molecule has 36 heavy (non-hydrogen) atoms. The van der Waals surface area contributed by atoms with Gasteiger partial charge in [0.1, 0.15) is 29.6 Å². The summed E-state index contributed by atoms with van der Waals surface area (Å²) >= 11 is 0. The van der Waals surface area contributed by atoms with Gasteiger partial charge < -0.3 is 14.8 Å². The smallest absolute Gasteiger partial charge is 0.497 e. The van der Waals surface area contributed by atoms with Crippen molar-refractivity contribution in [1.82, 2.24) is 9.91 Å². The molecule has 188 valence electrons. The van der Waals surface area contributed by atoms with Crippen LogP contribution in [-0.2, 0) is 16.1 Å². The van der Waals surface area contributed by atoms with E-state index >= 15 is 0 Å². The summed E-state index contributed by atoms with van der Waals surface area (Å²) in [4.78, 5) is 41.1. The number of fused-ring (bicyclic) bond motifs is 1. The highest BCUT2D eigenvalue weighted by molar-refractivity contribution is 6.48. The lowest BCUT2D eigenvalue weighted by Gasteiger charge is -2.28. The van der Waals surface area contributed by atoms with E-state index in [1.165, 1.54) is 43.1 Å². The normalized spacial score (nSPS) is 17.2. The second-order valence-corrected chi connectivity index (χ2v) is 8.26. The Morgan fingerprint density at radius 3 is 2.50 bits per heavy atom. The molecule has 2 aromatic rings. The number of carbonyl (C=O) groups is 3. The molecule has 0 aromatic heterocycles. The summed E-state index contributed by atoms with van der Waals surface area (Å²) in [6.07, 6.45) is 0.